The summed E-state index contributed by atoms with van der Waals surface area (Å²) in [6.07, 6.45) is 0. The molecule has 0 bridgehead atoms. The lowest BCUT2D eigenvalue weighted by Crippen LogP contribution is -2.10. The Bertz CT molecular complexity index is 325. The molecule has 0 aliphatic carbocycles. The van der Waals surface area contributed by atoms with Crippen molar-refractivity contribution in [3.05, 3.63) is 29.1 Å². The number of ether oxygens (including phenoxy) is 1. The minimum Gasteiger partial charge on any atom is -0.494 e. The Morgan fingerprint density at radius 2 is 2.14 bits per heavy atom. The summed E-state index contributed by atoms with van der Waals surface area (Å²) in [7, 11) is 1.46. The standard InChI is InChI=1S/C11H16FNO/c1-7-4-10(12)11(14-3)5-9(7)8(2)6-13/h4-5,8H,6,13H2,1-3H3. The first-order chi connectivity index (χ1) is 6.60. The van der Waals surface area contributed by atoms with E-state index < -0.39 is 0 Å². The lowest BCUT2D eigenvalue weighted by molar-refractivity contribution is 0.385. The van der Waals surface area contributed by atoms with Crippen LogP contribution in [-0.4, -0.2) is 13.7 Å². The van der Waals surface area contributed by atoms with Gasteiger partial charge in [0.2, 0.25) is 0 Å². The van der Waals surface area contributed by atoms with E-state index in [0.717, 1.165) is 11.1 Å². The Morgan fingerprint density at radius 1 is 1.50 bits per heavy atom. The molecule has 78 valence electrons. The highest BCUT2D eigenvalue weighted by Gasteiger charge is 2.11. The molecule has 14 heavy (non-hydrogen) atoms. The van der Waals surface area contributed by atoms with Gasteiger partial charge in [0, 0.05) is 0 Å². The Kier molecular flexibility index (Phi) is 3.47. The van der Waals surface area contributed by atoms with E-state index in [9.17, 15) is 4.39 Å². The number of nitrogens with two attached hydrogens (primary N) is 1. The lowest BCUT2D eigenvalue weighted by atomic mass is 9.96. The smallest absolute Gasteiger partial charge is 0.165 e. The SMILES string of the molecule is COc1cc(C(C)CN)c(C)cc1F. The van der Waals surface area contributed by atoms with Crippen molar-refractivity contribution in [3.8, 4) is 5.75 Å². The summed E-state index contributed by atoms with van der Waals surface area (Å²) < 4.78 is 18.2. The second kappa shape index (κ2) is 4.42. The zero-order valence-corrected chi connectivity index (χ0v) is 8.80. The third-order valence-corrected chi connectivity index (χ3v) is 2.42. The Balaban J connectivity index is 3.17. The van der Waals surface area contributed by atoms with E-state index in [1.807, 2.05) is 13.8 Å². The van der Waals surface area contributed by atoms with Crippen LogP contribution in [0.1, 0.15) is 24.0 Å². The fourth-order valence-corrected chi connectivity index (χ4v) is 1.48. The first-order valence-corrected chi connectivity index (χ1v) is 4.64. The zero-order valence-electron chi connectivity index (χ0n) is 8.80. The molecule has 0 saturated carbocycles. The molecule has 2 nitrogen and oxygen atoms in total. The molecule has 0 saturated heterocycles. The molecule has 2 N–H and O–H groups in total. The Labute approximate surface area is 83.9 Å². The summed E-state index contributed by atoms with van der Waals surface area (Å²) in [6, 6.07) is 3.21. The number of aryl methyl sites for hydroxylation is 1. The lowest BCUT2D eigenvalue weighted by Gasteiger charge is -2.14. The van der Waals surface area contributed by atoms with Crippen molar-refractivity contribution in [3.63, 3.8) is 0 Å². The highest BCUT2D eigenvalue weighted by atomic mass is 19.1. The van der Waals surface area contributed by atoms with Crippen molar-refractivity contribution in [2.24, 2.45) is 5.73 Å². The van der Waals surface area contributed by atoms with E-state index in [4.69, 9.17) is 10.5 Å². The van der Waals surface area contributed by atoms with Gasteiger partial charge in [-0.15, -0.1) is 0 Å². The molecule has 0 aliphatic heterocycles. The van der Waals surface area contributed by atoms with Crippen molar-refractivity contribution in [2.75, 3.05) is 13.7 Å². The summed E-state index contributed by atoms with van der Waals surface area (Å²) in [5.41, 5.74) is 7.53. The third-order valence-electron chi connectivity index (χ3n) is 2.42. The normalized spacial score (nSPS) is 12.6. The van der Waals surface area contributed by atoms with Crippen LogP contribution >= 0.6 is 0 Å². The van der Waals surface area contributed by atoms with Crippen LogP contribution in [0.25, 0.3) is 0 Å². The summed E-state index contributed by atoms with van der Waals surface area (Å²) in [5.74, 6) is 0.188. The minimum atomic E-state index is -0.321. The number of rotatable bonds is 3. The van der Waals surface area contributed by atoms with Gasteiger partial charge in [-0.05, 0) is 42.6 Å². The predicted molar refractivity (Wildman–Crippen MR) is 55.2 cm³/mol. The van der Waals surface area contributed by atoms with Crippen LogP contribution in [0, 0.1) is 12.7 Å². The highest BCUT2D eigenvalue weighted by molar-refractivity contribution is 5.38. The summed E-state index contributed by atoms with van der Waals surface area (Å²) in [5, 5.41) is 0. The summed E-state index contributed by atoms with van der Waals surface area (Å²) >= 11 is 0. The molecule has 0 amide bonds. The van der Waals surface area contributed by atoms with E-state index in [0.29, 0.717) is 6.54 Å². The fraction of sp³-hybridized carbons (Fsp3) is 0.455. The average Bonchev–Trinajstić information content (AvgIpc) is 2.17. The van der Waals surface area contributed by atoms with Crippen molar-refractivity contribution in [2.45, 2.75) is 19.8 Å². The monoisotopic (exact) mass is 197 g/mol. The molecule has 1 aromatic rings. The van der Waals surface area contributed by atoms with Gasteiger partial charge in [-0.3, -0.25) is 0 Å². The number of hydrogen-bond donors (Lipinski definition) is 1. The average molecular weight is 197 g/mol. The minimum absolute atomic E-state index is 0.226. The summed E-state index contributed by atoms with van der Waals surface area (Å²) in [6.45, 7) is 4.44. The maximum Gasteiger partial charge on any atom is 0.165 e. The van der Waals surface area contributed by atoms with Crippen LogP contribution < -0.4 is 10.5 Å². The number of hydrogen-bond acceptors (Lipinski definition) is 2. The topological polar surface area (TPSA) is 35.2 Å². The van der Waals surface area contributed by atoms with E-state index in [1.165, 1.54) is 13.2 Å². The molecule has 0 spiro atoms. The number of methoxy groups -OCH3 is 1. The maximum atomic E-state index is 13.2. The highest BCUT2D eigenvalue weighted by Crippen LogP contribution is 2.26. The quantitative estimate of drug-likeness (QED) is 0.806. The first-order valence-electron chi connectivity index (χ1n) is 4.64. The van der Waals surface area contributed by atoms with E-state index in [2.05, 4.69) is 0 Å². The second-order valence-corrected chi connectivity index (χ2v) is 3.48. The fourth-order valence-electron chi connectivity index (χ4n) is 1.48. The molecule has 0 fully saturated rings. The number of benzene rings is 1. The zero-order chi connectivity index (χ0) is 10.7. The molecule has 0 aliphatic rings. The Morgan fingerprint density at radius 3 is 2.64 bits per heavy atom. The van der Waals surface area contributed by atoms with Crippen LogP contribution in [0.3, 0.4) is 0 Å². The van der Waals surface area contributed by atoms with Gasteiger partial charge in [0.15, 0.2) is 11.6 Å². The number of halogens is 1. The third kappa shape index (κ3) is 2.04. The van der Waals surface area contributed by atoms with Crippen molar-refractivity contribution in [1.29, 1.82) is 0 Å². The molecular weight excluding hydrogens is 181 g/mol. The van der Waals surface area contributed by atoms with Gasteiger partial charge in [0.05, 0.1) is 7.11 Å². The second-order valence-electron chi connectivity index (χ2n) is 3.48. The molecule has 1 rings (SSSR count). The molecular formula is C11H16FNO. The van der Waals surface area contributed by atoms with Crippen LogP contribution in [0.4, 0.5) is 4.39 Å². The molecule has 0 heterocycles. The van der Waals surface area contributed by atoms with Crippen LogP contribution in [0.2, 0.25) is 0 Å². The van der Waals surface area contributed by atoms with Crippen LogP contribution in [-0.2, 0) is 0 Å². The molecule has 0 radical (unpaired) electrons. The van der Waals surface area contributed by atoms with Gasteiger partial charge in [0.25, 0.3) is 0 Å². The molecule has 1 atom stereocenters. The van der Waals surface area contributed by atoms with Gasteiger partial charge in [0.1, 0.15) is 0 Å². The summed E-state index contributed by atoms with van der Waals surface area (Å²) in [4.78, 5) is 0. The molecule has 1 unspecified atom stereocenters. The predicted octanol–water partition coefficient (Wildman–Crippen LogP) is 2.20. The van der Waals surface area contributed by atoms with Gasteiger partial charge in [-0.25, -0.2) is 4.39 Å². The van der Waals surface area contributed by atoms with Crippen molar-refractivity contribution >= 4 is 0 Å². The first kappa shape index (κ1) is 11.0. The Hall–Kier alpha value is -1.09. The van der Waals surface area contributed by atoms with Crippen LogP contribution in [0.15, 0.2) is 12.1 Å². The van der Waals surface area contributed by atoms with Crippen LogP contribution in [0.5, 0.6) is 5.75 Å². The van der Waals surface area contributed by atoms with E-state index in [1.54, 1.807) is 6.07 Å². The van der Waals surface area contributed by atoms with E-state index >= 15 is 0 Å². The van der Waals surface area contributed by atoms with E-state index in [-0.39, 0.29) is 17.5 Å². The molecule has 0 aromatic heterocycles. The molecule has 3 heteroatoms. The van der Waals surface area contributed by atoms with Gasteiger partial charge in [-0.2, -0.15) is 0 Å². The van der Waals surface area contributed by atoms with Gasteiger partial charge in [-0.1, -0.05) is 6.92 Å². The molecule has 1 aromatic carbocycles. The van der Waals surface area contributed by atoms with Crippen molar-refractivity contribution < 1.29 is 9.13 Å². The maximum absolute atomic E-state index is 13.2. The van der Waals surface area contributed by atoms with Crippen molar-refractivity contribution in [1.82, 2.24) is 0 Å². The van der Waals surface area contributed by atoms with Gasteiger partial charge >= 0.3 is 0 Å². The largest absolute Gasteiger partial charge is 0.494 e. The van der Waals surface area contributed by atoms with Gasteiger partial charge < -0.3 is 10.5 Å².